The van der Waals surface area contributed by atoms with E-state index in [1.54, 1.807) is 7.05 Å². The lowest BCUT2D eigenvalue weighted by Crippen LogP contribution is -2.28. The Balaban J connectivity index is 1.84. The van der Waals surface area contributed by atoms with Crippen LogP contribution in [-0.2, 0) is 7.05 Å². The van der Waals surface area contributed by atoms with Crippen LogP contribution in [0.2, 0.25) is 0 Å². The van der Waals surface area contributed by atoms with Crippen LogP contribution in [0.3, 0.4) is 0 Å². The number of rotatable bonds is 7. The Morgan fingerprint density at radius 1 is 1.07 bits per heavy atom. The van der Waals surface area contributed by atoms with Crippen molar-refractivity contribution in [1.29, 1.82) is 0 Å². The summed E-state index contributed by atoms with van der Waals surface area (Å²) in [6.45, 7) is 4.70. The molecule has 1 unspecified atom stereocenters. The standard InChI is InChI=1S/C22H28N4O2/c1-15(2)28-17-12-10-16(11-13-17)20(25(3)4)14-23-21-18-8-6-7-9-19(18)22(27)26(5)24-21/h6-13,15,20H,14H2,1-5H3,(H,23,24). The van der Waals surface area contributed by atoms with Crippen molar-refractivity contribution < 1.29 is 4.74 Å². The molecule has 2 aromatic carbocycles. The monoisotopic (exact) mass is 380 g/mol. The predicted molar refractivity (Wildman–Crippen MR) is 114 cm³/mol. The van der Waals surface area contributed by atoms with Crippen molar-refractivity contribution in [2.24, 2.45) is 7.05 Å². The number of anilines is 1. The van der Waals surface area contributed by atoms with Gasteiger partial charge in [0.2, 0.25) is 0 Å². The van der Waals surface area contributed by atoms with Crippen molar-refractivity contribution in [1.82, 2.24) is 14.7 Å². The maximum atomic E-state index is 12.3. The predicted octanol–water partition coefficient (Wildman–Crippen LogP) is 3.44. The molecule has 1 atom stereocenters. The largest absolute Gasteiger partial charge is 0.491 e. The zero-order valence-corrected chi connectivity index (χ0v) is 17.1. The number of nitrogens with one attached hydrogen (secondary N) is 1. The fraction of sp³-hybridized carbons (Fsp3) is 0.364. The average molecular weight is 380 g/mol. The molecule has 0 bridgehead atoms. The Bertz CT molecular complexity index is 994. The first-order valence-corrected chi connectivity index (χ1v) is 9.49. The molecule has 0 fully saturated rings. The molecule has 0 amide bonds. The molecule has 0 saturated heterocycles. The summed E-state index contributed by atoms with van der Waals surface area (Å²) in [5, 5.41) is 9.37. The van der Waals surface area contributed by atoms with E-state index in [1.807, 2.05) is 50.2 Å². The lowest BCUT2D eigenvalue weighted by Gasteiger charge is -2.26. The number of hydrogen-bond acceptors (Lipinski definition) is 5. The molecule has 148 valence electrons. The van der Waals surface area contributed by atoms with Gasteiger partial charge in [0.25, 0.3) is 5.56 Å². The highest BCUT2D eigenvalue weighted by Gasteiger charge is 2.16. The molecule has 6 nitrogen and oxygen atoms in total. The van der Waals surface area contributed by atoms with Crippen molar-refractivity contribution in [2.45, 2.75) is 26.0 Å². The molecule has 0 saturated carbocycles. The molecule has 0 spiro atoms. The molecular formula is C22H28N4O2. The Morgan fingerprint density at radius 2 is 1.71 bits per heavy atom. The summed E-state index contributed by atoms with van der Waals surface area (Å²) < 4.78 is 7.12. The van der Waals surface area contributed by atoms with Gasteiger partial charge in [0, 0.05) is 19.0 Å². The van der Waals surface area contributed by atoms with Gasteiger partial charge < -0.3 is 15.0 Å². The van der Waals surface area contributed by atoms with Crippen molar-refractivity contribution >= 4 is 16.6 Å². The zero-order valence-electron chi connectivity index (χ0n) is 17.1. The third-order valence-electron chi connectivity index (χ3n) is 4.68. The average Bonchev–Trinajstić information content (AvgIpc) is 2.66. The second-order valence-electron chi connectivity index (χ2n) is 7.42. The Kier molecular flexibility index (Phi) is 5.99. The van der Waals surface area contributed by atoms with Crippen LogP contribution < -0.4 is 15.6 Å². The molecule has 1 aromatic heterocycles. The molecule has 28 heavy (non-hydrogen) atoms. The minimum absolute atomic E-state index is 0.0916. The molecule has 1 N–H and O–H groups in total. The quantitative estimate of drug-likeness (QED) is 0.680. The molecular weight excluding hydrogens is 352 g/mol. The second-order valence-corrected chi connectivity index (χ2v) is 7.42. The van der Waals surface area contributed by atoms with Crippen LogP contribution in [0.25, 0.3) is 10.8 Å². The number of aryl methyl sites for hydroxylation is 1. The van der Waals surface area contributed by atoms with Crippen molar-refractivity contribution in [3.05, 3.63) is 64.4 Å². The highest BCUT2D eigenvalue weighted by molar-refractivity contribution is 5.90. The molecule has 0 aliphatic heterocycles. The van der Waals surface area contributed by atoms with Gasteiger partial charge in [-0.15, -0.1) is 0 Å². The third-order valence-corrected chi connectivity index (χ3v) is 4.68. The smallest absolute Gasteiger partial charge is 0.274 e. The highest BCUT2D eigenvalue weighted by atomic mass is 16.5. The Labute approximate surface area is 165 Å². The molecule has 0 aliphatic carbocycles. The minimum atomic E-state index is -0.0916. The summed E-state index contributed by atoms with van der Waals surface area (Å²) in [7, 11) is 5.78. The highest BCUT2D eigenvalue weighted by Crippen LogP contribution is 2.24. The molecule has 1 heterocycles. The summed E-state index contributed by atoms with van der Waals surface area (Å²) >= 11 is 0. The number of aromatic nitrogens is 2. The van der Waals surface area contributed by atoms with Gasteiger partial charge in [-0.05, 0) is 51.7 Å². The number of fused-ring (bicyclic) bond motifs is 1. The normalized spacial score (nSPS) is 12.5. The van der Waals surface area contributed by atoms with E-state index in [1.165, 1.54) is 10.2 Å². The fourth-order valence-corrected chi connectivity index (χ4v) is 3.26. The Hall–Kier alpha value is -2.86. The second kappa shape index (κ2) is 8.44. The maximum absolute atomic E-state index is 12.3. The molecule has 3 rings (SSSR count). The van der Waals surface area contributed by atoms with Gasteiger partial charge in [0.15, 0.2) is 5.82 Å². The van der Waals surface area contributed by atoms with Crippen LogP contribution in [-0.4, -0.2) is 41.4 Å². The lowest BCUT2D eigenvalue weighted by atomic mass is 10.1. The fourth-order valence-electron chi connectivity index (χ4n) is 3.26. The number of hydrogen-bond donors (Lipinski definition) is 1. The van der Waals surface area contributed by atoms with Crippen LogP contribution >= 0.6 is 0 Å². The molecule has 0 aliphatic rings. The topological polar surface area (TPSA) is 59.4 Å². The van der Waals surface area contributed by atoms with E-state index in [2.05, 4.69) is 41.5 Å². The van der Waals surface area contributed by atoms with Crippen LogP contribution in [0.5, 0.6) is 5.75 Å². The summed E-state index contributed by atoms with van der Waals surface area (Å²) in [5.41, 5.74) is 1.09. The van der Waals surface area contributed by atoms with Crippen molar-refractivity contribution in [2.75, 3.05) is 26.0 Å². The van der Waals surface area contributed by atoms with Gasteiger partial charge in [-0.2, -0.15) is 5.10 Å². The van der Waals surface area contributed by atoms with Gasteiger partial charge >= 0.3 is 0 Å². The van der Waals surface area contributed by atoms with Crippen LogP contribution in [0.4, 0.5) is 5.82 Å². The number of likely N-dealkylation sites (N-methyl/N-ethyl adjacent to an activating group) is 1. The van der Waals surface area contributed by atoms with Crippen LogP contribution in [0.15, 0.2) is 53.3 Å². The van der Waals surface area contributed by atoms with Gasteiger partial charge in [-0.25, -0.2) is 4.68 Å². The van der Waals surface area contributed by atoms with E-state index in [0.717, 1.165) is 11.1 Å². The van der Waals surface area contributed by atoms with E-state index >= 15 is 0 Å². The van der Waals surface area contributed by atoms with Crippen LogP contribution in [0.1, 0.15) is 25.5 Å². The summed E-state index contributed by atoms with van der Waals surface area (Å²) in [5.74, 6) is 1.58. The first-order valence-electron chi connectivity index (χ1n) is 9.49. The number of nitrogens with zero attached hydrogens (tertiary/aromatic N) is 3. The lowest BCUT2D eigenvalue weighted by molar-refractivity contribution is 0.242. The molecule has 0 radical (unpaired) electrons. The maximum Gasteiger partial charge on any atom is 0.274 e. The summed E-state index contributed by atoms with van der Waals surface area (Å²) in [6.07, 6.45) is 0.154. The summed E-state index contributed by atoms with van der Waals surface area (Å²) in [6, 6.07) is 15.9. The minimum Gasteiger partial charge on any atom is -0.491 e. The van der Waals surface area contributed by atoms with Crippen LogP contribution in [0, 0.1) is 0 Å². The van der Waals surface area contributed by atoms with Gasteiger partial charge in [0.05, 0.1) is 17.5 Å². The van der Waals surface area contributed by atoms with E-state index in [0.29, 0.717) is 17.7 Å². The van der Waals surface area contributed by atoms with Gasteiger partial charge in [-0.1, -0.05) is 30.3 Å². The van der Waals surface area contributed by atoms with E-state index in [4.69, 9.17) is 4.74 Å². The van der Waals surface area contributed by atoms with Gasteiger partial charge in [0.1, 0.15) is 5.75 Å². The van der Waals surface area contributed by atoms with E-state index in [9.17, 15) is 4.79 Å². The van der Waals surface area contributed by atoms with E-state index < -0.39 is 0 Å². The van der Waals surface area contributed by atoms with Crippen molar-refractivity contribution in [3.63, 3.8) is 0 Å². The zero-order chi connectivity index (χ0) is 20.3. The third kappa shape index (κ3) is 4.34. The first kappa shape index (κ1) is 19.9. The number of benzene rings is 2. The molecule has 3 aromatic rings. The number of ether oxygens (including phenoxy) is 1. The van der Waals surface area contributed by atoms with Crippen molar-refractivity contribution in [3.8, 4) is 5.75 Å². The summed E-state index contributed by atoms with van der Waals surface area (Å²) in [4.78, 5) is 14.5. The SMILES string of the molecule is CC(C)Oc1ccc(C(CNc2nn(C)c(=O)c3ccccc23)N(C)C)cc1. The van der Waals surface area contributed by atoms with E-state index in [-0.39, 0.29) is 17.7 Å². The first-order chi connectivity index (χ1) is 13.4. The Morgan fingerprint density at radius 3 is 2.32 bits per heavy atom. The van der Waals surface area contributed by atoms with Gasteiger partial charge in [-0.3, -0.25) is 4.79 Å². The molecule has 6 heteroatoms.